The van der Waals surface area contributed by atoms with Crippen molar-refractivity contribution in [2.45, 2.75) is 58.3 Å². The van der Waals surface area contributed by atoms with Crippen LogP contribution in [0, 0.1) is 11.8 Å². The molecule has 4 nitrogen and oxygen atoms in total. The molecule has 0 saturated heterocycles. The molecule has 0 N–H and O–H groups in total. The molecule has 1 aromatic carbocycles. The predicted molar refractivity (Wildman–Crippen MR) is 97.5 cm³/mol. The summed E-state index contributed by atoms with van der Waals surface area (Å²) in [6, 6.07) is 6.72. The van der Waals surface area contributed by atoms with E-state index in [9.17, 15) is 9.59 Å². The van der Waals surface area contributed by atoms with Crippen LogP contribution in [0.2, 0.25) is 0 Å². The van der Waals surface area contributed by atoms with Crippen molar-refractivity contribution < 1.29 is 19.1 Å². The van der Waals surface area contributed by atoms with Crippen molar-refractivity contribution in [2.75, 3.05) is 0 Å². The first-order valence-electron chi connectivity index (χ1n) is 9.29. The van der Waals surface area contributed by atoms with Gasteiger partial charge in [-0.15, -0.1) is 0 Å². The molecule has 0 radical (unpaired) electrons. The van der Waals surface area contributed by atoms with Crippen molar-refractivity contribution in [3.05, 3.63) is 36.9 Å². The lowest BCUT2D eigenvalue weighted by molar-refractivity contribution is -0.141. The van der Waals surface area contributed by atoms with E-state index in [-0.39, 0.29) is 23.4 Å². The summed E-state index contributed by atoms with van der Waals surface area (Å²) in [6.07, 6.45) is 10.1. The van der Waals surface area contributed by atoms with E-state index in [4.69, 9.17) is 9.47 Å². The van der Waals surface area contributed by atoms with Crippen LogP contribution < -0.4 is 9.47 Å². The monoisotopic (exact) mass is 344 g/mol. The zero-order valence-corrected chi connectivity index (χ0v) is 15.0. The van der Waals surface area contributed by atoms with Crippen LogP contribution in [0.25, 0.3) is 0 Å². The molecule has 0 atom stereocenters. The van der Waals surface area contributed by atoms with E-state index in [0.717, 1.165) is 37.7 Å². The fraction of sp³-hybridized carbons (Fsp3) is 0.524. The lowest BCUT2D eigenvalue weighted by atomic mass is 9.80. The second-order valence-electron chi connectivity index (χ2n) is 6.71. The molecule has 4 heteroatoms. The molecule has 0 spiro atoms. The fourth-order valence-electron chi connectivity index (χ4n) is 3.33. The van der Waals surface area contributed by atoms with Crippen LogP contribution in [0.15, 0.2) is 36.9 Å². The van der Waals surface area contributed by atoms with Gasteiger partial charge in [0.25, 0.3) is 0 Å². The van der Waals surface area contributed by atoms with Crippen LogP contribution in [-0.2, 0) is 9.59 Å². The summed E-state index contributed by atoms with van der Waals surface area (Å²) in [5.74, 6) is 0.411. The van der Waals surface area contributed by atoms with Gasteiger partial charge < -0.3 is 9.47 Å². The molecule has 1 fully saturated rings. The van der Waals surface area contributed by atoms with Crippen LogP contribution in [0.4, 0.5) is 0 Å². The topological polar surface area (TPSA) is 52.6 Å². The Morgan fingerprint density at radius 3 is 2.32 bits per heavy atom. The largest absolute Gasteiger partial charge is 0.422 e. The van der Waals surface area contributed by atoms with Crippen molar-refractivity contribution in [3.63, 3.8) is 0 Å². The van der Waals surface area contributed by atoms with Gasteiger partial charge in [-0.3, -0.25) is 4.79 Å². The average Bonchev–Trinajstić information content (AvgIpc) is 2.64. The number of hydrogen-bond donors (Lipinski definition) is 0. The summed E-state index contributed by atoms with van der Waals surface area (Å²) in [5.41, 5.74) is 0. The second kappa shape index (κ2) is 10.0. The van der Waals surface area contributed by atoms with Gasteiger partial charge in [0.1, 0.15) is 0 Å². The number of benzene rings is 1. The zero-order chi connectivity index (χ0) is 18.1. The van der Waals surface area contributed by atoms with Crippen LogP contribution >= 0.6 is 0 Å². The molecule has 1 aliphatic carbocycles. The Balaban J connectivity index is 1.87. The Hall–Kier alpha value is -2.10. The fourth-order valence-corrected chi connectivity index (χ4v) is 3.33. The molecule has 1 aromatic rings. The Morgan fingerprint density at radius 1 is 1.08 bits per heavy atom. The number of rotatable bonds is 8. The second-order valence-corrected chi connectivity index (χ2v) is 6.71. The first kappa shape index (κ1) is 19.2. The quantitative estimate of drug-likeness (QED) is 0.286. The third-order valence-electron chi connectivity index (χ3n) is 4.83. The molecule has 25 heavy (non-hydrogen) atoms. The highest BCUT2D eigenvalue weighted by atomic mass is 16.6. The molecule has 136 valence electrons. The van der Waals surface area contributed by atoms with Crippen molar-refractivity contribution in [3.8, 4) is 11.5 Å². The summed E-state index contributed by atoms with van der Waals surface area (Å²) in [5, 5.41) is 0. The SMILES string of the molecule is C=CC(=O)Oc1ccccc1OC(=O)C1CCC(CCCCC)CC1. The molecular formula is C21H28O4. The lowest BCUT2D eigenvalue weighted by Crippen LogP contribution is -2.26. The van der Waals surface area contributed by atoms with Gasteiger partial charge in [0.05, 0.1) is 5.92 Å². The van der Waals surface area contributed by atoms with Crippen LogP contribution in [0.1, 0.15) is 58.3 Å². The average molecular weight is 344 g/mol. The number of carbonyl (C=O) groups excluding carboxylic acids is 2. The van der Waals surface area contributed by atoms with Gasteiger partial charge in [-0.25, -0.2) is 4.79 Å². The van der Waals surface area contributed by atoms with E-state index in [1.807, 2.05) is 0 Å². The zero-order valence-electron chi connectivity index (χ0n) is 15.0. The molecule has 0 aliphatic heterocycles. The predicted octanol–water partition coefficient (Wildman–Crippen LogP) is 5.07. The van der Waals surface area contributed by atoms with Crippen molar-refractivity contribution in [1.29, 1.82) is 0 Å². The molecule has 2 rings (SSSR count). The molecule has 0 aromatic heterocycles. The Kier molecular flexibility index (Phi) is 7.71. The molecule has 0 heterocycles. The van der Waals surface area contributed by atoms with Gasteiger partial charge in [0.2, 0.25) is 0 Å². The summed E-state index contributed by atoms with van der Waals surface area (Å²) in [7, 11) is 0. The smallest absolute Gasteiger partial charge is 0.335 e. The summed E-state index contributed by atoms with van der Waals surface area (Å²) in [4.78, 5) is 23.8. The van der Waals surface area contributed by atoms with E-state index in [2.05, 4.69) is 13.5 Å². The number of esters is 2. The first-order chi connectivity index (χ1) is 12.1. The number of hydrogen-bond acceptors (Lipinski definition) is 4. The minimum atomic E-state index is -0.573. The maximum absolute atomic E-state index is 12.5. The highest BCUT2D eigenvalue weighted by Crippen LogP contribution is 2.34. The van der Waals surface area contributed by atoms with Crippen molar-refractivity contribution in [2.24, 2.45) is 11.8 Å². The van der Waals surface area contributed by atoms with Gasteiger partial charge in [-0.05, 0) is 43.7 Å². The van der Waals surface area contributed by atoms with Crippen LogP contribution in [-0.4, -0.2) is 11.9 Å². The van der Waals surface area contributed by atoms with Gasteiger partial charge in [-0.1, -0.05) is 51.3 Å². The lowest BCUT2D eigenvalue weighted by Gasteiger charge is -2.27. The van der Waals surface area contributed by atoms with Gasteiger partial charge in [0.15, 0.2) is 11.5 Å². The third kappa shape index (κ3) is 6.04. The molecule has 0 amide bonds. The van der Waals surface area contributed by atoms with E-state index < -0.39 is 5.97 Å². The number of para-hydroxylation sites is 2. The Morgan fingerprint density at radius 2 is 1.72 bits per heavy atom. The number of ether oxygens (including phenoxy) is 2. The normalized spacial score (nSPS) is 19.9. The molecule has 1 aliphatic rings. The third-order valence-corrected chi connectivity index (χ3v) is 4.83. The minimum absolute atomic E-state index is 0.0643. The van der Waals surface area contributed by atoms with Crippen molar-refractivity contribution in [1.82, 2.24) is 0 Å². The highest BCUT2D eigenvalue weighted by Gasteiger charge is 2.28. The van der Waals surface area contributed by atoms with Gasteiger partial charge >= 0.3 is 11.9 Å². The highest BCUT2D eigenvalue weighted by molar-refractivity contribution is 5.84. The maximum Gasteiger partial charge on any atom is 0.335 e. The molecular weight excluding hydrogens is 316 g/mol. The van der Waals surface area contributed by atoms with Gasteiger partial charge in [-0.2, -0.15) is 0 Å². The van der Waals surface area contributed by atoms with Gasteiger partial charge in [0, 0.05) is 6.08 Å². The number of unbranched alkanes of at least 4 members (excludes halogenated alkanes) is 2. The summed E-state index contributed by atoms with van der Waals surface area (Å²) >= 11 is 0. The summed E-state index contributed by atoms with van der Waals surface area (Å²) in [6.45, 7) is 5.59. The molecule has 1 saturated carbocycles. The molecule has 0 bridgehead atoms. The number of carbonyl (C=O) groups is 2. The summed E-state index contributed by atoms with van der Waals surface area (Å²) < 4.78 is 10.6. The van der Waals surface area contributed by atoms with E-state index >= 15 is 0 Å². The Labute approximate surface area is 150 Å². The van der Waals surface area contributed by atoms with Crippen LogP contribution in [0.3, 0.4) is 0 Å². The maximum atomic E-state index is 12.5. The van der Waals surface area contributed by atoms with Crippen LogP contribution in [0.5, 0.6) is 11.5 Å². The molecule has 0 unspecified atom stereocenters. The minimum Gasteiger partial charge on any atom is -0.422 e. The van der Waals surface area contributed by atoms with E-state index in [0.29, 0.717) is 0 Å². The Bertz CT molecular complexity index is 585. The van der Waals surface area contributed by atoms with E-state index in [1.165, 1.54) is 25.7 Å². The first-order valence-corrected chi connectivity index (χ1v) is 9.29. The van der Waals surface area contributed by atoms with E-state index in [1.54, 1.807) is 24.3 Å². The van der Waals surface area contributed by atoms with Crippen molar-refractivity contribution >= 4 is 11.9 Å². The standard InChI is InChI=1S/C21H28O4/c1-3-5-6-9-16-12-14-17(15-13-16)21(23)25-19-11-8-7-10-18(19)24-20(22)4-2/h4,7-8,10-11,16-17H,2-3,5-6,9,12-15H2,1H3.